The lowest BCUT2D eigenvalue weighted by Crippen LogP contribution is -2.36. The summed E-state index contributed by atoms with van der Waals surface area (Å²) in [4.78, 5) is -0.0732. The van der Waals surface area contributed by atoms with Crippen LogP contribution in [0.2, 0.25) is 0 Å². The molecule has 0 aliphatic rings. The maximum absolute atomic E-state index is 13.8. The Labute approximate surface area is 120 Å². The maximum atomic E-state index is 13.8. The van der Waals surface area contributed by atoms with E-state index in [9.17, 15) is 12.8 Å². The molecule has 0 radical (unpaired) electrons. The standard InChI is InChI=1S/C14H22FNO3S/c1-5-12(6-2)16(4)20(18,19)14-8-11(9-17)7-13(15)10(14)3/h7-8,12,17H,5-6,9H2,1-4H3. The Balaban J connectivity index is 3.38. The van der Waals surface area contributed by atoms with Gasteiger partial charge in [-0.3, -0.25) is 0 Å². The van der Waals surface area contributed by atoms with Crippen molar-refractivity contribution in [2.75, 3.05) is 7.05 Å². The van der Waals surface area contributed by atoms with Crippen LogP contribution in [0.25, 0.3) is 0 Å². The van der Waals surface area contributed by atoms with E-state index in [2.05, 4.69) is 0 Å². The zero-order valence-electron chi connectivity index (χ0n) is 12.4. The highest BCUT2D eigenvalue weighted by Gasteiger charge is 2.28. The van der Waals surface area contributed by atoms with Crippen LogP contribution < -0.4 is 0 Å². The number of hydrogen-bond donors (Lipinski definition) is 1. The van der Waals surface area contributed by atoms with E-state index in [1.807, 2.05) is 13.8 Å². The quantitative estimate of drug-likeness (QED) is 0.878. The van der Waals surface area contributed by atoms with E-state index in [4.69, 9.17) is 5.11 Å². The number of aliphatic hydroxyl groups is 1. The lowest BCUT2D eigenvalue weighted by molar-refractivity contribution is 0.280. The molecular formula is C14H22FNO3S. The fourth-order valence-corrected chi connectivity index (χ4v) is 4.01. The predicted molar refractivity (Wildman–Crippen MR) is 76.4 cm³/mol. The molecule has 0 spiro atoms. The van der Waals surface area contributed by atoms with Gasteiger partial charge in [-0.25, -0.2) is 12.8 Å². The smallest absolute Gasteiger partial charge is 0.243 e. The molecule has 0 unspecified atom stereocenters. The van der Waals surface area contributed by atoms with Crippen molar-refractivity contribution in [2.24, 2.45) is 0 Å². The summed E-state index contributed by atoms with van der Waals surface area (Å²) in [6, 6.07) is 2.37. The SMILES string of the molecule is CCC(CC)N(C)S(=O)(=O)c1cc(CO)cc(F)c1C. The highest BCUT2D eigenvalue weighted by atomic mass is 32.2. The van der Waals surface area contributed by atoms with Gasteiger partial charge in [0, 0.05) is 18.7 Å². The Morgan fingerprint density at radius 3 is 2.30 bits per heavy atom. The first-order chi connectivity index (χ1) is 9.29. The first-order valence-electron chi connectivity index (χ1n) is 6.67. The van der Waals surface area contributed by atoms with Crippen molar-refractivity contribution in [3.8, 4) is 0 Å². The molecule has 1 N–H and O–H groups in total. The van der Waals surface area contributed by atoms with E-state index >= 15 is 0 Å². The predicted octanol–water partition coefficient (Wildman–Crippen LogP) is 2.44. The molecule has 114 valence electrons. The number of aliphatic hydroxyl groups excluding tert-OH is 1. The largest absolute Gasteiger partial charge is 0.392 e. The summed E-state index contributed by atoms with van der Waals surface area (Å²) >= 11 is 0. The molecule has 0 aliphatic heterocycles. The van der Waals surface area contributed by atoms with Gasteiger partial charge in [0.25, 0.3) is 0 Å². The molecule has 4 nitrogen and oxygen atoms in total. The number of nitrogens with zero attached hydrogens (tertiary/aromatic N) is 1. The summed E-state index contributed by atoms with van der Waals surface area (Å²) in [6.45, 7) is 4.87. The van der Waals surface area contributed by atoms with Crippen LogP contribution >= 0.6 is 0 Å². The lowest BCUT2D eigenvalue weighted by atomic mass is 10.1. The van der Waals surface area contributed by atoms with Crippen LogP contribution in [-0.2, 0) is 16.6 Å². The number of halogens is 1. The van der Waals surface area contributed by atoms with E-state index in [-0.39, 0.29) is 22.1 Å². The van der Waals surface area contributed by atoms with Crippen LogP contribution in [0.4, 0.5) is 4.39 Å². The van der Waals surface area contributed by atoms with Crippen molar-refractivity contribution in [1.29, 1.82) is 0 Å². The second kappa shape index (κ2) is 6.65. The van der Waals surface area contributed by atoms with E-state index in [1.54, 1.807) is 0 Å². The van der Waals surface area contributed by atoms with Gasteiger partial charge in [-0.05, 0) is 37.5 Å². The van der Waals surface area contributed by atoms with Gasteiger partial charge in [0.1, 0.15) is 5.82 Å². The van der Waals surface area contributed by atoms with E-state index in [0.717, 1.165) is 6.07 Å². The normalized spacial score (nSPS) is 12.4. The minimum Gasteiger partial charge on any atom is -0.392 e. The van der Waals surface area contributed by atoms with Crippen LogP contribution in [0.3, 0.4) is 0 Å². The average Bonchev–Trinajstić information content (AvgIpc) is 2.42. The van der Waals surface area contributed by atoms with Gasteiger partial charge in [-0.2, -0.15) is 4.31 Å². The Hall–Kier alpha value is -0.980. The zero-order valence-corrected chi connectivity index (χ0v) is 13.2. The van der Waals surface area contributed by atoms with Gasteiger partial charge in [0.2, 0.25) is 10.0 Å². The Kier molecular flexibility index (Phi) is 5.68. The van der Waals surface area contributed by atoms with E-state index in [0.29, 0.717) is 12.8 Å². The summed E-state index contributed by atoms with van der Waals surface area (Å²) in [6.07, 6.45) is 1.38. The molecule has 1 aromatic rings. The third-order valence-corrected chi connectivity index (χ3v) is 5.69. The molecule has 1 aromatic carbocycles. The molecule has 0 fully saturated rings. The Morgan fingerprint density at radius 2 is 1.85 bits per heavy atom. The van der Waals surface area contributed by atoms with Gasteiger partial charge in [-0.1, -0.05) is 13.8 Å². The minimum absolute atomic E-state index is 0.0732. The lowest BCUT2D eigenvalue weighted by Gasteiger charge is -2.26. The van der Waals surface area contributed by atoms with Crippen molar-refractivity contribution in [1.82, 2.24) is 4.31 Å². The first kappa shape index (κ1) is 17.1. The molecule has 0 aliphatic carbocycles. The molecule has 0 aromatic heterocycles. The van der Waals surface area contributed by atoms with Gasteiger partial charge in [0.15, 0.2) is 0 Å². The van der Waals surface area contributed by atoms with Gasteiger partial charge < -0.3 is 5.11 Å². The summed E-state index contributed by atoms with van der Waals surface area (Å²) in [5, 5.41) is 9.11. The molecule has 20 heavy (non-hydrogen) atoms. The summed E-state index contributed by atoms with van der Waals surface area (Å²) in [5.41, 5.74) is 0.338. The second-order valence-corrected chi connectivity index (χ2v) is 6.82. The van der Waals surface area contributed by atoms with Crippen molar-refractivity contribution in [3.63, 3.8) is 0 Å². The van der Waals surface area contributed by atoms with Crippen molar-refractivity contribution in [2.45, 2.75) is 51.2 Å². The molecule has 0 bridgehead atoms. The molecule has 0 amide bonds. The van der Waals surface area contributed by atoms with Gasteiger partial charge in [0.05, 0.1) is 11.5 Å². The van der Waals surface area contributed by atoms with Crippen LogP contribution in [0.5, 0.6) is 0 Å². The maximum Gasteiger partial charge on any atom is 0.243 e. The summed E-state index contributed by atoms with van der Waals surface area (Å²) < 4.78 is 40.3. The molecule has 0 saturated heterocycles. The average molecular weight is 303 g/mol. The number of sulfonamides is 1. The summed E-state index contributed by atoms with van der Waals surface area (Å²) in [7, 11) is -2.26. The Morgan fingerprint density at radius 1 is 1.30 bits per heavy atom. The number of hydrogen-bond acceptors (Lipinski definition) is 3. The van der Waals surface area contributed by atoms with Crippen molar-refractivity contribution >= 4 is 10.0 Å². The van der Waals surface area contributed by atoms with Crippen LogP contribution in [0.15, 0.2) is 17.0 Å². The molecular weight excluding hydrogens is 281 g/mol. The highest BCUT2D eigenvalue weighted by Crippen LogP contribution is 2.25. The first-order valence-corrected chi connectivity index (χ1v) is 8.11. The van der Waals surface area contributed by atoms with E-state index < -0.39 is 22.4 Å². The summed E-state index contributed by atoms with van der Waals surface area (Å²) in [5.74, 6) is -0.618. The highest BCUT2D eigenvalue weighted by molar-refractivity contribution is 7.89. The second-order valence-electron chi connectivity index (χ2n) is 4.85. The molecule has 0 atom stereocenters. The molecule has 0 heterocycles. The monoisotopic (exact) mass is 303 g/mol. The van der Waals surface area contributed by atoms with Crippen LogP contribution in [0.1, 0.15) is 37.8 Å². The fraction of sp³-hybridized carbons (Fsp3) is 0.571. The van der Waals surface area contributed by atoms with E-state index in [1.165, 1.54) is 24.3 Å². The van der Waals surface area contributed by atoms with Gasteiger partial charge >= 0.3 is 0 Å². The van der Waals surface area contributed by atoms with Crippen LogP contribution in [-0.4, -0.2) is 30.9 Å². The Bertz CT molecular complexity index is 568. The zero-order chi connectivity index (χ0) is 15.5. The third kappa shape index (κ3) is 3.19. The molecule has 6 heteroatoms. The minimum atomic E-state index is -3.77. The molecule has 1 rings (SSSR count). The van der Waals surface area contributed by atoms with Crippen LogP contribution in [0, 0.1) is 12.7 Å². The number of rotatable bonds is 6. The van der Waals surface area contributed by atoms with Gasteiger partial charge in [-0.15, -0.1) is 0 Å². The van der Waals surface area contributed by atoms with Crippen molar-refractivity contribution in [3.05, 3.63) is 29.1 Å². The topological polar surface area (TPSA) is 57.6 Å². The molecule has 0 saturated carbocycles. The third-order valence-electron chi connectivity index (χ3n) is 3.65. The fourth-order valence-electron chi connectivity index (χ4n) is 2.22. The van der Waals surface area contributed by atoms with Crippen molar-refractivity contribution < 1.29 is 17.9 Å². The number of benzene rings is 1.